The second kappa shape index (κ2) is 7.28. The molecule has 1 aromatic rings. The van der Waals surface area contributed by atoms with Crippen LogP contribution in [0.15, 0.2) is 12.1 Å². The molecular weight excluding hydrogens is 262 g/mol. The standard InChI is InChI=1S/C14H21NO3S/c1-10(2)9-15(7-6-14(17)18)13(16)8-12-5-4-11(3)19-12/h4-5,10H,6-9H2,1-3H3,(H,17,18). The first kappa shape index (κ1) is 15.7. The third-order valence-corrected chi connectivity index (χ3v) is 3.66. The molecule has 1 aromatic heterocycles. The van der Waals surface area contributed by atoms with E-state index in [2.05, 4.69) is 0 Å². The Bertz CT molecular complexity index is 440. The lowest BCUT2D eigenvalue weighted by Crippen LogP contribution is -2.36. The molecule has 5 heteroatoms. The van der Waals surface area contributed by atoms with Gasteiger partial charge in [-0.3, -0.25) is 9.59 Å². The minimum atomic E-state index is -0.867. The molecule has 1 heterocycles. The number of rotatable bonds is 7. The first-order valence-electron chi connectivity index (χ1n) is 6.43. The molecule has 0 saturated heterocycles. The van der Waals surface area contributed by atoms with E-state index < -0.39 is 5.97 Å². The van der Waals surface area contributed by atoms with Gasteiger partial charge in [0, 0.05) is 22.8 Å². The predicted octanol–water partition coefficient (Wildman–Crippen LogP) is 2.56. The highest BCUT2D eigenvalue weighted by atomic mass is 32.1. The molecular formula is C14H21NO3S. The van der Waals surface area contributed by atoms with Gasteiger partial charge in [-0.25, -0.2) is 0 Å². The number of carboxylic acid groups (broad SMARTS) is 1. The summed E-state index contributed by atoms with van der Waals surface area (Å²) in [6.07, 6.45) is 0.368. The van der Waals surface area contributed by atoms with Crippen LogP contribution in [-0.2, 0) is 16.0 Å². The highest BCUT2D eigenvalue weighted by Crippen LogP contribution is 2.16. The minimum absolute atomic E-state index is 0.00191. The molecule has 19 heavy (non-hydrogen) atoms. The largest absolute Gasteiger partial charge is 0.481 e. The van der Waals surface area contributed by atoms with Gasteiger partial charge >= 0.3 is 5.97 Å². The van der Waals surface area contributed by atoms with Crippen molar-refractivity contribution in [2.45, 2.75) is 33.6 Å². The lowest BCUT2D eigenvalue weighted by Gasteiger charge is -2.23. The van der Waals surface area contributed by atoms with Crippen LogP contribution < -0.4 is 0 Å². The Hall–Kier alpha value is -1.36. The van der Waals surface area contributed by atoms with Crippen LogP contribution in [0.25, 0.3) is 0 Å². The van der Waals surface area contributed by atoms with E-state index in [-0.39, 0.29) is 18.9 Å². The molecule has 0 atom stereocenters. The molecule has 0 aliphatic carbocycles. The number of aliphatic carboxylic acids is 1. The van der Waals surface area contributed by atoms with Gasteiger partial charge in [0.2, 0.25) is 5.91 Å². The molecule has 0 saturated carbocycles. The summed E-state index contributed by atoms with van der Waals surface area (Å²) in [5.41, 5.74) is 0. The highest BCUT2D eigenvalue weighted by Gasteiger charge is 2.17. The third-order valence-electron chi connectivity index (χ3n) is 2.66. The molecule has 0 aromatic carbocycles. The Labute approximate surface area is 118 Å². The molecule has 1 amide bonds. The van der Waals surface area contributed by atoms with Gasteiger partial charge in [0.05, 0.1) is 12.8 Å². The maximum Gasteiger partial charge on any atom is 0.305 e. The van der Waals surface area contributed by atoms with Crippen molar-refractivity contribution in [3.63, 3.8) is 0 Å². The van der Waals surface area contributed by atoms with E-state index in [0.717, 1.165) is 4.88 Å². The zero-order valence-corrected chi connectivity index (χ0v) is 12.5. The number of nitrogens with zero attached hydrogens (tertiary/aromatic N) is 1. The zero-order valence-electron chi connectivity index (χ0n) is 11.7. The summed E-state index contributed by atoms with van der Waals surface area (Å²) in [7, 11) is 0. The van der Waals surface area contributed by atoms with E-state index in [4.69, 9.17) is 5.11 Å². The number of hydrogen-bond donors (Lipinski definition) is 1. The molecule has 0 aliphatic rings. The third kappa shape index (κ3) is 5.87. The molecule has 1 N–H and O–H groups in total. The van der Waals surface area contributed by atoms with Crippen LogP contribution in [0.1, 0.15) is 30.0 Å². The van der Waals surface area contributed by atoms with Gasteiger partial charge in [-0.15, -0.1) is 11.3 Å². The van der Waals surface area contributed by atoms with Gasteiger partial charge in [0.1, 0.15) is 0 Å². The van der Waals surface area contributed by atoms with Gasteiger partial charge in [0.25, 0.3) is 0 Å². The number of hydrogen-bond acceptors (Lipinski definition) is 3. The normalized spacial score (nSPS) is 10.7. The van der Waals surface area contributed by atoms with Crippen LogP contribution in [0.3, 0.4) is 0 Å². The van der Waals surface area contributed by atoms with Gasteiger partial charge < -0.3 is 10.0 Å². The summed E-state index contributed by atoms with van der Waals surface area (Å²) in [4.78, 5) is 26.7. The SMILES string of the molecule is Cc1ccc(CC(=O)N(CCC(=O)O)CC(C)C)s1. The number of carbonyl (C=O) groups is 2. The first-order valence-corrected chi connectivity index (χ1v) is 7.25. The van der Waals surface area contributed by atoms with Gasteiger partial charge in [-0.05, 0) is 25.0 Å². The highest BCUT2D eigenvalue weighted by molar-refractivity contribution is 7.12. The Morgan fingerprint density at radius 2 is 2.05 bits per heavy atom. The van der Waals surface area contributed by atoms with Gasteiger partial charge in [0.15, 0.2) is 0 Å². The fourth-order valence-electron chi connectivity index (χ4n) is 1.83. The number of thiophene rings is 1. The van der Waals surface area contributed by atoms with E-state index in [1.54, 1.807) is 16.2 Å². The average molecular weight is 283 g/mol. The average Bonchev–Trinajstić information content (AvgIpc) is 2.69. The van der Waals surface area contributed by atoms with Crippen LogP contribution in [0.4, 0.5) is 0 Å². The lowest BCUT2D eigenvalue weighted by molar-refractivity contribution is -0.138. The molecule has 1 rings (SSSR count). The fraction of sp³-hybridized carbons (Fsp3) is 0.571. The topological polar surface area (TPSA) is 57.6 Å². The lowest BCUT2D eigenvalue weighted by atomic mass is 10.2. The second-order valence-electron chi connectivity index (χ2n) is 5.07. The van der Waals surface area contributed by atoms with Gasteiger partial charge in [-0.2, -0.15) is 0 Å². The maximum absolute atomic E-state index is 12.2. The van der Waals surface area contributed by atoms with Crippen molar-refractivity contribution in [2.24, 2.45) is 5.92 Å². The Balaban J connectivity index is 2.62. The molecule has 0 fully saturated rings. The second-order valence-corrected chi connectivity index (χ2v) is 6.44. The number of carboxylic acids is 1. The van der Waals surface area contributed by atoms with Crippen LogP contribution in [0.5, 0.6) is 0 Å². The maximum atomic E-state index is 12.2. The molecule has 4 nitrogen and oxygen atoms in total. The quantitative estimate of drug-likeness (QED) is 0.836. The van der Waals surface area contributed by atoms with E-state index >= 15 is 0 Å². The fourth-order valence-corrected chi connectivity index (χ4v) is 2.71. The molecule has 106 valence electrons. The monoisotopic (exact) mass is 283 g/mol. The van der Waals surface area contributed by atoms with Crippen molar-refractivity contribution in [2.75, 3.05) is 13.1 Å². The Kier molecular flexibility index (Phi) is 6.02. The molecule has 0 radical (unpaired) electrons. The summed E-state index contributed by atoms with van der Waals surface area (Å²) in [5.74, 6) is -0.520. The van der Waals surface area contributed by atoms with Crippen molar-refractivity contribution < 1.29 is 14.7 Å². The van der Waals surface area contributed by atoms with Crippen molar-refractivity contribution >= 4 is 23.2 Å². The summed E-state index contributed by atoms with van der Waals surface area (Å²) < 4.78 is 0. The summed E-state index contributed by atoms with van der Waals surface area (Å²) in [5, 5.41) is 8.74. The smallest absolute Gasteiger partial charge is 0.305 e. The molecule has 0 bridgehead atoms. The Morgan fingerprint density at radius 1 is 1.37 bits per heavy atom. The van der Waals surface area contributed by atoms with Gasteiger partial charge in [-0.1, -0.05) is 13.8 Å². The molecule has 0 spiro atoms. The number of carbonyl (C=O) groups excluding carboxylic acids is 1. The summed E-state index contributed by atoms with van der Waals surface area (Å²) in [6, 6.07) is 3.96. The van der Waals surface area contributed by atoms with E-state index in [1.807, 2.05) is 32.9 Å². The molecule has 0 unspecified atom stereocenters. The van der Waals surface area contributed by atoms with Crippen LogP contribution in [0, 0.1) is 12.8 Å². The van der Waals surface area contributed by atoms with E-state index in [1.165, 1.54) is 4.88 Å². The van der Waals surface area contributed by atoms with Crippen LogP contribution in [0.2, 0.25) is 0 Å². The predicted molar refractivity (Wildman–Crippen MR) is 76.4 cm³/mol. The van der Waals surface area contributed by atoms with E-state index in [0.29, 0.717) is 18.9 Å². The number of aryl methyl sites for hydroxylation is 1. The van der Waals surface area contributed by atoms with Crippen LogP contribution in [-0.4, -0.2) is 35.0 Å². The summed E-state index contributed by atoms with van der Waals surface area (Å²) >= 11 is 1.61. The van der Waals surface area contributed by atoms with E-state index in [9.17, 15) is 9.59 Å². The first-order chi connectivity index (χ1) is 8.88. The number of amides is 1. The van der Waals surface area contributed by atoms with Crippen molar-refractivity contribution in [1.29, 1.82) is 0 Å². The summed E-state index contributed by atoms with van der Waals surface area (Å²) in [6.45, 7) is 6.95. The van der Waals surface area contributed by atoms with Crippen molar-refractivity contribution in [3.8, 4) is 0 Å². The minimum Gasteiger partial charge on any atom is -0.481 e. The van der Waals surface area contributed by atoms with Crippen LogP contribution >= 0.6 is 11.3 Å². The van der Waals surface area contributed by atoms with Crippen molar-refractivity contribution in [3.05, 3.63) is 21.9 Å². The Morgan fingerprint density at radius 3 is 2.53 bits per heavy atom. The van der Waals surface area contributed by atoms with Crippen molar-refractivity contribution in [1.82, 2.24) is 4.90 Å². The molecule has 0 aliphatic heterocycles. The zero-order chi connectivity index (χ0) is 14.4.